The predicted molar refractivity (Wildman–Crippen MR) is 59.8 cm³/mol. The summed E-state index contributed by atoms with van der Waals surface area (Å²) in [7, 11) is 0.967. The number of rotatable bonds is 3. The standard InChI is InChI=1S/C9H6F4INO3/c1-17-8(16)6-4(2-10)7(14)15-3-5(6)18-9(11,12)13/h3H,2H2,1H3. The molecule has 1 heterocycles. The Balaban J connectivity index is 3.38. The molecule has 1 aromatic heterocycles. The fourth-order valence-corrected chi connectivity index (χ4v) is 1.71. The van der Waals surface area contributed by atoms with Crippen LogP contribution in [-0.2, 0) is 11.4 Å². The third-order valence-electron chi connectivity index (χ3n) is 1.84. The van der Waals surface area contributed by atoms with E-state index < -0.39 is 30.3 Å². The normalized spacial score (nSPS) is 11.2. The maximum absolute atomic E-state index is 12.8. The van der Waals surface area contributed by atoms with E-state index in [0.29, 0.717) is 6.20 Å². The Labute approximate surface area is 112 Å². The Kier molecular flexibility index (Phi) is 4.71. The highest BCUT2D eigenvalue weighted by Gasteiger charge is 2.34. The first-order valence-electron chi connectivity index (χ1n) is 4.37. The first-order valence-corrected chi connectivity index (χ1v) is 5.45. The molecule has 100 valence electrons. The van der Waals surface area contributed by atoms with Gasteiger partial charge in [-0.15, -0.1) is 13.2 Å². The highest BCUT2D eigenvalue weighted by molar-refractivity contribution is 14.1. The van der Waals surface area contributed by atoms with Crippen LogP contribution in [0.15, 0.2) is 6.20 Å². The monoisotopic (exact) mass is 379 g/mol. The minimum atomic E-state index is -5.01. The van der Waals surface area contributed by atoms with Gasteiger partial charge in [-0.25, -0.2) is 14.2 Å². The Morgan fingerprint density at radius 1 is 1.50 bits per heavy atom. The molecular weight excluding hydrogens is 373 g/mol. The van der Waals surface area contributed by atoms with Crippen LogP contribution in [0.2, 0.25) is 0 Å². The topological polar surface area (TPSA) is 48.4 Å². The van der Waals surface area contributed by atoms with E-state index in [-0.39, 0.29) is 9.26 Å². The van der Waals surface area contributed by atoms with Gasteiger partial charge in [0.1, 0.15) is 15.9 Å². The maximum Gasteiger partial charge on any atom is 0.573 e. The molecule has 0 atom stereocenters. The van der Waals surface area contributed by atoms with Crippen molar-refractivity contribution in [3.63, 3.8) is 0 Å². The van der Waals surface area contributed by atoms with Gasteiger partial charge < -0.3 is 9.47 Å². The zero-order valence-electron chi connectivity index (χ0n) is 8.85. The van der Waals surface area contributed by atoms with E-state index in [4.69, 9.17) is 0 Å². The van der Waals surface area contributed by atoms with Crippen LogP contribution in [-0.4, -0.2) is 24.4 Å². The molecule has 0 N–H and O–H groups in total. The van der Waals surface area contributed by atoms with Crippen LogP contribution in [0.25, 0.3) is 0 Å². The summed E-state index contributed by atoms with van der Waals surface area (Å²) >= 11 is 1.59. The molecule has 0 aliphatic rings. The first-order chi connectivity index (χ1) is 8.30. The number of methoxy groups -OCH3 is 1. The van der Waals surface area contributed by atoms with Gasteiger partial charge in [-0.05, 0) is 22.6 Å². The zero-order valence-corrected chi connectivity index (χ0v) is 11.0. The molecule has 0 unspecified atom stereocenters. The van der Waals surface area contributed by atoms with Crippen molar-refractivity contribution in [1.82, 2.24) is 4.98 Å². The minimum Gasteiger partial charge on any atom is -0.465 e. The van der Waals surface area contributed by atoms with Crippen molar-refractivity contribution in [3.05, 3.63) is 21.0 Å². The van der Waals surface area contributed by atoms with Crippen LogP contribution >= 0.6 is 22.6 Å². The zero-order chi connectivity index (χ0) is 13.9. The number of halogens is 5. The molecule has 0 saturated heterocycles. The lowest BCUT2D eigenvalue weighted by Crippen LogP contribution is -2.21. The van der Waals surface area contributed by atoms with E-state index >= 15 is 0 Å². The molecule has 1 aromatic rings. The van der Waals surface area contributed by atoms with E-state index in [0.717, 1.165) is 7.11 Å². The molecular formula is C9H6F4INO3. The lowest BCUT2D eigenvalue weighted by molar-refractivity contribution is -0.274. The molecule has 0 aromatic carbocycles. The molecule has 0 fully saturated rings. The van der Waals surface area contributed by atoms with Crippen molar-refractivity contribution in [3.8, 4) is 5.75 Å². The number of nitrogens with zero attached hydrogens (tertiary/aromatic N) is 1. The molecule has 0 aliphatic heterocycles. The number of esters is 1. The van der Waals surface area contributed by atoms with Gasteiger partial charge in [0, 0.05) is 5.56 Å². The van der Waals surface area contributed by atoms with Crippen molar-refractivity contribution < 1.29 is 31.8 Å². The van der Waals surface area contributed by atoms with Crippen LogP contribution in [0.4, 0.5) is 17.6 Å². The summed E-state index contributed by atoms with van der Waals surface area (Å²) in [5.74, 6) is -2.01. The van der Waals surface area contributed by atoms with Crippen LogP contribution in [0.3, 0.4) is 0 Å². The molecule has 1 rings (SSSR count). The van der Waals surface area contributed by atoms with E-state index in [1.807, 2.05) is 0 Å². The third kappa shape index (κ3) is 3.43. The SMILES string of the molecule is COC(=O)c1c(OC(F)(F)F)cnc(I)c1CF. The van der Waals surface area contributed by atoms with Gasteiger partial charge in [0.2, 0.25) is 0 Å². The molecule has 0 saturated carbocycles. The number of ether oxygens (including phenoxy) is 2. The van der Waals surface area contributed by atoms with Gasteiger partial charge in [0.15, 0.2) is 5.75 Å². The van der Waals surface area contributed by atoms with Crippen LogP contribution in [0.5, 0.6) is 5.75 Å². The van der Waals surface area contributed by atoms with Gasteiger partial charge in [0.05, 0.1) is 13.3 Å². The highest BCUT2D eigenvalue weighted by atomic mass is 127. The van der Waals surface area contributed by atoms with Crippen LogP contribution < -0.4 is 4.74 Å². The first kappa shape index (κ1) is 14.9. The quantitative estimate of drug-likeness (QED) is 0.351. The Morgan fingerprint density at radius 3 is 2.56 bits per heavy atom. The summed E-state index contributed by atoms with van der Waals surface area (Å²) in [4.78, 5) is 14.9. The summed E-state index contributed by atoms with van der Waals surface area (Å²) in [6.45, 7) is -1.16. The second-order valence-corrected chi connectivity index (χ2v) is 3.96. The fraction of sp³-hybridized carbons (Fsp3) is 0.333. The van der Waals surface area contributed by atoms with Gasteiger partial charge >= 0.3 is 12.3 Å². The number of carbonyl (C=O) groups excluding carboxylic acids is 1. The van der Waals surface area contributed by atoms with E-state index in [9.17, 15) is 22.4 Å². The summed E-state index contributed by atoms with van der Waals surface area (Å²) in [6.07, 6.45) is -4.31. The number of aromatic nitrogens is 1. The molecule has 0 spiro atoms. The van der Waals surface area contributed by atoms with E-state index in [1.165, 1.54) is 0 Å². The smallest absolute Gasteiger partial charge is 0.465 e. The number of hydrogen-bond donors (Lipinski definition) is 0. The van der Waals surface area contributed by atoms with Gasteiger partial charge in [-0.3, -0.25) is 0 Å². The number of carbonyl (C=O) groups is 1. The number of pyridine rings is 1. The van der Waals surface area contributed by atoms with Crippen molar-refractivity contribution in [2.75, 3.05) is 7.11 Å². The van der Waals surface area contributed by atoms with Crippen molar-refractivity contribution in [2.24, 2.45) is 0 Å². The molecule has 0 amide bonds. The molecule has 18 heavy (non-hydrogen) atoms. The van der Waals surface area contributed by atoms with Gasteiger partial charge in [-0.1, -0.05) is 0 Å². The fourth-order valence-electron chi connectivity index (χ4n) is 1.16. The van der Waals surface area contributed by atoms with Crippen LogP contribution in [0.1, 0.15) is 15.9 Å². The molecule has 4 nitrogen and oxygen atoms in total. The summed E-state index contributed by atoms with van der Waals surface area (Å²) in [6, 6.07) is 0. The average molecular weight is 379 g/mol. The predicted octanol–water partition coefficient (Wildman–Crippen LogP) is 2.84. The second kappa shape index (κ2) is 5.67. The average Bonchev–Trinajstić information content (AvgIpc) is 2.28. The summed E-state index contributed by atoms with van der Waals surface area (Å²) < 4.78 is 57.1. The van der Waals surface area contributed by atoms with Gasteiger partial charge in [-0.2, -0.15) is 0 Å². The molecule has 0 aliphatic carbocycles. The Bertz CT molecular complexity index is 464. The summed E-state index contributed by atoms with van der Waals surface area (Å²) in [5, 5.41) is 0. The lowest BCUT2D eigenvalue weighted by Gasteiger charge is -2.14. The minimum absolute atomic E-state index is 0.0602. The molecule has 0 bridgehead atoms. The lowest BCUT2D eigenvalue weighted by atomic mass is 10.1. The largest absolute Gasteiger partial charge is 0.573 e. The molecule has 9 heteroatoms. The number of hydrogen-bond acceptors (Lipinski definition) is 4. The van der Waals surface area contributed by atoms with Crippen LogP contribution in [0, 0.1) is 3.70 Å². The van der Waals surface area contributed by atoms with Gasteiger partial charge in [0.25, 0.3) is 0 Å². The summed E-state index contributed by atoms with van der Waals surface area (Å²) in [5.41, 5.74) is -0.916. The van der Waals surface area contributed by atoms with Crippen molar-refractivity contribution in [1.29, 1.82) is 0 Å². The van der Waals surface area contributed by atoms with Crippen molar-refractivity contribution in [2.45, 2.75) is 13.0 Å². The highest BCUT2D eigenvalue weighted by Crippen LogP contribution is 2.30. The third-order valence-corrected chi connectivity index (χ3v) is 2.77. The molecule has 0 radical (unpaired) electrons. The van der Waals surface area contributed by atoms with E-state index in [1.54, 1.807) is 22.6 Å². The number of alkyl halides is 4. The van der Waals surface area contributed by atoms with Crippen molar-refractivity contribution >= 4 is 28.6 Å². The maximum atomic E-state index is 12.8. The Hall–Kier alpha value is -1.13. The Morgan fingerprint density at radius 2 is 2.11 bits per heavy atom. The van der Waals surface area contributed by atoms with E-state index in [2.05, 4.69) is 14.5 Å². The second-order valence-electron chi connectivity index (χ2n) is 2.94.